The number of carbonyl (C=O) groups excluding carboxylic acids is 1. The Balaban J connectivity index is 1.73. The number of nitrogens with zero attached hydrogens (tertiary/aromatic N) is 4. The van der Waals surface area contributed by atoms with Crippen LogP contribution < -0.4 is 10.1 Å². The van der Waals surface area contributed by atoms with Gasteiger partial charge in [-0.05, 0) is 32.8 Å². The zero-order chi connectivity index (χ0) is 18.8. The number of aryl methyl sites for hydroxylation is 1. The van der Waals surface area contributed by atoms with Crippen LogP contribution in [0.25, 0.3) is 0 Å². The zero-order valence-electron chi connectivity index (χ0n) is 14.6. The Hall–Kier alpha value is -2.62. The molecule has 3 rings (SSSR count). The Labute approximate surface area is 154 Å². The highest BCUT2D eigenvalue weighted by molar-refractivity contribution is 8.00. The molecule has 1 aromatic carbocycles. The maximum Gasteiger partial charge on any atom is 0.271 e. The molecule has 10 heteroatoms. The molecule has 9 nitrogen and oxygen atoms in total. The van der Waals surface area contributed by atoms with Crippen LogP contribution in [0.2, 0.25) is 0 Å². The first-order valence-corrected chi connectivity index (χ1v) is 9.00. The quantitative estimate of drug-likeness (QED) is 0.448. The van der Waals surface area contributed by atoms with Gasteiger partial charge in [0.05, 0.1) is 23.0 Å². The molecule has 1 N–H and O–H groups in total. The Kier molecular flexibility index (Phi) is 5.12. The number of carbonyl (C=O) groups is 1. The summed E-state index contributed by atoms with van der Waals surface area (Å²) >= 11 is 1.31. The highest BCUT2D eigenvalue weighted by Gasteiger charge is 2.30. The second-order valence-corrected chi connectivity index (χ2v) is 7.33. The topological polar surface area (TPSA) is 112 Å². The Morgan fingerprint density at radius 2 is 2.19 bits per heavy atom. The third-order valence-corrected chi connectivity index (χ3v) is 5.11. The van der Waals surface area contributed by atoms with Crippen molar-refractivity contribution in [2.24, 2.45) is 0 Å². The first-order valence-electron chi connectivity index (χ1n) is 8.12. The lowest BCUT2D eigenvalue weighted by Crippen LogP contribution is -2.23. The lowest BCUT2D eigenvalue weighted by molar-refractivity contribution is -0.384. The van der Waals surface area contributed by atoms with Crippen LogP contribution in [0.1, 0.15) is 31.6 Å². The molecular formula is C16H19N5O4S. The number of aromatic nitrogens is 3. The van der Waals surface area contributed by atoms with Crippen LogP contribution in [0.5, 0.6) is 5.75 Å². The fraction of sp³-hybridized carbons (Fsp3) is 0.438. The summed E-state index contributed by atoms with van der Waals surface area (Å²) in [5, 5.41) is 22.2. The maximum absolute atomic E-state index is 12.6. The van der Waals surface area contributed by atoms with Crippen LogP contribution in [-0.2, 0) is 4.79 Å². The van der Waals surface area contributed by atoms with E-state index in [9.17, 15) is 14.9 Å². The average molecular weight is 377 g/mol. The Morgan fingerprint density at radius 3 is 2.81 bits per heavy atom. The summed E-state index contributed by atoms with van der Waals surface area (Å²) in [5.41, 5.74) is 0.143. The lowest BCUT2D eigenvalue weighted by atomic mass is 10.2. The lowest BCUT2D eigenvalue weighted by Gasteiger charge is -2.14. The number of nitrogens with one attached hydrogen (secondary N) is 1. The summed E-state index contributed by atoms with van der Waals surface area (Å²) < 4.78 is 7.23. The molecule has 0 spiro atoms. The molecule has 1 amide bonds. The average Bonchev–Trinajstić information content (AvgIpc) is 3.38. The number of ether oxygens (including phenoxy) is 1. The summed E-state index contributed by atoms with van der Waals surface area (Å²) in [6, 6.07) is 4.48. The van der Waals surface area contributed by atoms with E-state index in [4.69, 9.17) is 4.74 Å². The number of nitro groups is 1. The van der Waals surface area contributed by atoms with Crippen molar-refractivity contribution in [3.05, 3.63) is 34.1 Å². The van der Waals surface area contributed by atoms with Crippen molar-refractivity contribution in [1.82, 2.24) is 14.8 Å². The van der Waals surface area contributed by atoms with Gasteiger partial charge in [-0.3, -0.25) is 14.9 Å². The number of rotatable bonds is 7. The molecule has 1 aliphatic rings. The fourth-order valence-corrected chi connectivity index (χ4v) is 3.50. The van der Waals surface area contributed by atoms with Crippen LogP contribution in [0, 0.1) is 17.0 Å². The van der Waals surface area contributed by atoms with Gasteiger partial charge in [0.25, 0.3) is 5.69 Å². The van der Waals surface area contributed by atoms with Gasteiger partial charge in [0.15, 0.2) is 5.16 Å². The van der Waals surface area contributed by atoms with Gasteiger partial charge >= 0.3 is 0 Å². The van der Waals surface area contributed by atoms with Crippen LogP contribution in [0.3, 0.4) is 0 Å². The summed E-state index contributed by atoms with van der Waals surface area (Å²) in [4.78, 5) is 23.0. The number of non-ortho nitro benzene ring substituents is 1. The number of hydrogen-bond acceptors (Lipinski definition) is 7. The molecule has 0 radical (unpaired) electrons. The minimum atomic E-state index is -0.520. The van der Waals surface area contributed by atoms with Crippen LogP contribution in [-0.4, -0.2) is 38.0 Å². The minimum Gasteiger partial charge on any atom is -0.495 e. The molecule has 1 saturated carbocycles. The summed E-state index contributed by atoms with van der Waals surface area (Å²) in [6.45, 7) is 3.65. The third-order valence-electron chi connectivity index (χ3n) is 4.05. The fourth-order valence-electron chi connectivity index (χ4n) is 2.54. The van der Waals surface area contributed by atoms with Crippen molar-refractivity contribution in [3.8, 4) is 5.75 Å². The third kappa shape index (κ3) is 3.79. The second kappa shape index (κ2) is 7.32. The van der Waals surface area contributed by atoms with Crippen molar-refractivity contribution >= 4 is 29.0 Å². The normalized spacial score (nSPS) is 14.7. The van der Waals surface area contributed by atoms with Gasteiger partial charge in [-0.25, -0.2) is 0 Å². The molecule has 0 bridgehead atoms. The molecular weight excluding hydrogens is 358 g/mol. The summed E-state index contributed by atoms with van der Waals surface area (Å²) in [7, 11) is 1.44. The van der Waals surface area contributed by atoms with Gasteiger partial charge in [-0.1, -0.05) is 11.8 Å². The van der Waals surface area contributed by atoms with Gasteiger partial charge in [-0.2, -0.15) is 0 Å². The predicted molar refractivity (Wildman–Crippen MR) is 96.6 cm³/mol. The molecule has 1 atom stereocenters. The van der Waals surface area contributed by atoms with Gasteiger partial charge < -0.3 is 14.6 Å². The Bertz CT molecular complexity index is 849. The number of benzene rings is 1. The number of nitro benzene ring substituents is 1. The van der Waals surface area contributed by atoms with E-state index in [1.807, 2.05) is 6.92 Å². The van der Waals surface area contributed by atoms with E-state index in [2.05, 4.69) is 20.1 Å². The van der Waals surface area contributed by atoms with E-state index in [0.29, 0.717) is 16.9 Å². The zero-order valence-corrected chi connectivity index (χ0v) is 15.4. The van der Waals surface area contributed by atoms with Crippen molar-refractivity contribution in [1.29, 1.82) is 0 Å². The summed E-state index contributed by atoms with van der Waals surface area (Å²) in [6.07, 6.45) is 2.19. The molecule has 1 aromatic heterocycles. The molecule has 2 aromatic rings. The maximum atomic E-state index is 12.6. The van der Waals surface area contributed by atoms with Crippen LogP contribution >= 0.6 is 11.8 Å². The van der Waals surface area contributed by atoms with E-state index in [-0.39, 0.29) is 17.3 Å². The van der Waals surface area contributed by atoms with E-state index in [0.717, 1.165) is 18.7 Å². The van der Waals surface area contributed by atoms with Crippen LogP contribution in [0.15, 0.2) is 23.4 Å². The summed E-state index contributed by atoms with van der Waals surface area (Å²) in [5.74, 6) is 0.901. The molecule has 0 aliphatic heterocycles. The largest absolute Gasteiger partial charge is 0.495 e. The van der Waals surface area contributed by atoms with E-state index >= 15 is 0 Å². The standard InChI is InChI=1S/C16H19N5O4S/c1-9(26-16-19-18-10(2)20(16)11-4-5-11)15(22)17-13-8-12(21(23)24)6-7-14(13)25-3/h6-9,11H,4-5H2,1-3H3,(H,17,22)/t9-/m0/s1. The van der Waals surface area contributed by atoms with Gasteiger partial charge in [0.2, 0.25) is 5.91 Å². The molecule has 0 saturated heterocycles. The number of methoxy groups -OCH3 is 1. The first-order chi connectivity index (χ1) is 12.4. The molecule has 138 valence electrons. The van der Waals surface area contributed by atoms with E-state index in [1.165, 1.54) is 37.1 Å². The second-order valence-electron chi connectivity index (χ2n) is 6.02. The molecule has 1 heterocycles. The predicted octanol–water partition coefficient (Wildman–Crippen LogP) is 2.96. The number of anilines is 1. The monoisotopic (exact) mass is 377 g/mol. The molecule has 1 aliphatic carbocycles. The highest BCUT2D eigenvalue weighted by Crippen LogP contribution is 2.39. The molecule has 1 fully saturated rings. The number of hydrogen-bond donors (Lipinski definition) is 1. The molecule has 26 heavy (non-hydrogen) atoms. The Morgan fingerprint density at radius 1 is 1.46 bits per heavy atom. The minimum absolute atomic E-state index is 0.120. The van der Waals surface area contributed by atoms with Crippen molar-refractivity contribution in [3.63, 3.8) is 0 Å². The van der Waals surface area contributed by atoms with Crippen molar-refractivity contribution < 1.29 is 14.5 Å². The van der Waals surface area contributed by atoms with Gasteiger partial charge in [-0.15, -0.1) is 10.2 Å². The number of thioether (sulfide) groups is 1. The smallest absolute Gasteiger partial charge is 0.271 e. The SMILES string of the molecule is COc1ccc([N+](=O)[O-])cc1NC(=O)[C@H](C)Sc1nnc(C)n1C1CC1. The van der Waals surface area contributed by atoms with Gasteiger partial charge in [0.1, 0.15) is 11.6 Å². The van der Waals surface area contributed by atoms with E-state index < -0.39 is 10.2 Å². The van der Waals surface area contributed by atoms with Crippen LogP contribution in [0.4, 0.5) is 11.4 Å². The van der Waals surface area contributed by atoms with Crippen molar-refractivity contribution in [2.45, 2.75) is 43.1 Å². The first kappa shape index (κ1) is 18.2. The van der Waals surface area contributed by atoms with Crippen molar-refractivity contribution in [2.75, 3.05) is 12.4 Å². The highest BCUT2D eigenvalue weighted by atomic mass is 32.2. The number of amides is 1. The van der Waals surface area contributed by atoms with E-state index in [1.54, 1.807) is 6.92 Å². The molecule has 0 unspecified atom stereocenters. The van der Waals surface area contributed by atoms with Gasteiger partial charge in [0, 0.05) is 18.2 Å².